The van der Waals surface area contributed by atoms with Gasteiger partial charge in [-0.15, -0.1) is 0 Å². The molecule has 0 aromatic carbocycles. The van der Waals surface area contributed by atoms with E-state index < -0.39 is 10.0 Å². The van der Waals surface area contributed by atoms with Gasteiger partial charge in [0, 0.05) is 39.3 Å². The SMILES string of the molecule is CNCC1(CN2CCN(S(C)(=O)=O)CC2)CCC(C)CC1. The van der Waals surface area contributed by atoms with Crippen LogP contribution >= 0.6 is 0 Å². The average Bonchev–Trinajstić information content (AvgIpc) is 2.42. The second kappa shape index (κ2) is 6.94. The molecule has 1 heterocycles. The first-order chi connectivity index (χ1) is 9.85. The van der Waals surface area contributed by atoms with Crippen LogP contribution in [0, 0.1) is 11.3 Å². The molecule has 6 heteroatoms. The summed E-state index contributed by atoms with van der Waals surface area (Å²) in [6.07, 6.45) is 6.55. The molecule has 2 rings (SSSR count). The molecule has 0 radical (unpaired) electrons. The summed E-state index contributed by atoms with van der Waals surface area (Å²) in [5.41, 5.74) is 0.383. The van der Waals surface area contributed by atoms with Crippen LogP contribution in [0.4, 0.5) is 0 Å². The third-order valence-corrected chi connectivity index (χ3v) is 6.55. The molecule has 2 aliphatic rings. The molecule has 0 amide bonds. The highest BCUT2D eigenvalue weighted by molar-refractivity contribution is 7.88. The first kappa shape index (κ1) is 17.2. The highest BCUT2D eigenvalue weighted by atomic mass is 32.2. The Hall–Kier alpha value is -0.170. The van der Waals surface area contributed by atoms with Crippen molar-refractivity contribution in [1.82, 2.24) is 14.5 Å². The van der Waals surface area contributed by atoms with Crippen LogP contribution in [0.1, 0.15) is 32.6 Å². The van der Waals surface area contributed by atoms with Gasteiger partial charge in [0.05, 0.1) is 6.26 Å². The van der Waals surface area contributed by atoms with Crippen LogP contribution in [0.2, 0.25) is 0 Å². The first-order valence-corrected chi connectivity index (χ1v) is 10.0. The van der Waals surface area contributed by atoms with Gasteiger partial charge in [0.15, 0.2) is 0 Å². The summed E-state index contributed by atoms with van der Waals surface area (Å²) in [6, 6.07) is 0. The van der Waals surface area contributed by atoms with Crippen LogP contribution in [0.3, 0.4) is 0 Å². The molecule has 1 aliphatic carbocycles. The van der Waals surface area contributed by atoms with Crippen molar-refractivity contribution in [1.29, 1.82) is 0 Å². The molecule has 1 saturated carbocycles. The van der Waals surface area contributed by atoms with E-state index in [9.17, 15) is 8.42 Å². The Kier molecular flexibility index (Phi) is 5.68. The maximum atomic E-state index is 11.6. The fraction of sp³-hybridized carbons (Fsp3) is 1.00. The molecule has 2 fully saturated rings. The summed E-state index contributed by atoms with van der Waals surface area (Å²) >= 11 is 0. The second-order valence-corrected chi connectivity index (χ2v) is 9.13. The van der Waals surface area contributed by atoms with Gasteiger partial charge >= 0.3 is 0 Å². The number of sulfonamides is 1. The third kappa shape index (κ3) is 4.65. The Morgan fingerprint density at radius 2 is 1.71 bits per heavy atom. The molecule has 21 heavy (non-hydrogen) atoms. The Labute approximate surface area is 130 Å². The van der Waals surface area contributed by atoms with E-state index in [0.717, 1.165) is 32.1 Å². The fourth-order valence-electron chi connectivity index (χ4n) is 3.83. The Balaban J connectivity index is 1.91. The van der Waals surface area contributed by atoms with Crippen molar-refractivity contribution in [2.45, 2.75) is 32.6 Å². The van der Waals surface area contributed by atoms with E-state index in [1.807, 2.05) is 7.05 Å². The standard InChI is InChI=1S/C15H31N3O2S/c1-14-4-6-15(7-5-14,12-16-2)13-17-8-10-18(11-9-17)21(3,19)20/h14,16H,4-13H2,1-3H3. The number of hydrogen-bond acceptors (Lipinski definition) is 4. The van der Waals surface area contributed by atoms with Gasteiger partial charge in [0.1, 0.15) is 0 Å². The molecular weight excluding hydrogens is 286 g/mol. The smallest absolute Gasteiger partial charge is 0.211 e. The molecule has 0 spiro atoms. The molecular formula is C15H31N3O2S. The van der Waals surface area contributed by atoms with E-state index in [1.54, 1.807) is 4.31 Å². The molecule has 1 saturated heterocycles. The molecule has 0 unspecified atom stereocenters. The quantitative estimate of drug-likeness (QED) is 0.821. The summed E-state index contributed by atoms with van der Waals surface area (Å²) in [5.74, 6) is 0.858. The van der Waals surface area contributed by atoms with Gasteiger partial charge in [0.25, 0.3) is 0 Å². The van der Waals surface area contributed by atoms with Gasteiger partial charge < -0.3 is 10.2 Å². The van der Waals surface area contributed by atoms with Crippen LogP contribution in [0.25, 0.3) is 0 Å². The van der Waals surface area contributed by atoms with Crippen LogP contribution in [-0.2, 0) is 10.0 Å². The number of hydrogen-bond donors (Lipinski definition) is 1. The fourth-order valence-corrected chi connectivity index (χ4v) is 4.66. The molecule has 0 aromatic heterocycles. The molecule has 1 aliphatic heterocycles. The van der Waals surface area contributed by atoms with Gasteiger partial charge in [-0.25, -0.2) is 8.42 Å². The summed E-state index contributed by atoms with van der Waals surface area (Å²) in [4.78, 5) is 2.47. The maximum Gasteiger partial charge on any atom is 0.211 e. The molecule has 1 N–H and O–H groups in total. The van der Waals surface area contributed by atoms with E-state index in [2.05, 4.69) is 17.1 Å². The molecule has 124 valence electrons. The average molecular weight is 317 g/mol. The van der Waals surface area contributed by atoms with Crippen molar-refractivity contribution < 1.29 is 8.42 Å². The van der Waals surface area contributed by atoms with E-state index in [4.69, 9.17) is 0 Å². The summed E-state index contributed by atoms with van der Waals surface area (Å²) in [5, 5.41) is 3.38. The number of piperazine rings is 1. The van der Waals surface area contributed by atoms with E-state index >= 15 is 0 Å². The lowest BCUT2D eigenvalue weighted by atomic mass is 9.70. The molecule has 0 aromatic rings. The maximum absolute atomic E-state index is 11.6. The van der Waals surface area contributed by atoms with Gasteiger partial charge in [0.2, 0.25) is 10.0 Å². The zero-order valence-corrected chi connectivity index (χ0v) is 14.6. The number of nitrogens with zero attached hydrogens (tertiary/aromatic N) is 2. The van der Waals surface area contributed by atoms with Gasteiger partial charge in [-0.3, -0.25) is 0 Å². The van der Waals surface area contributed by atoms with Crippen molar-refractivity contribution in [3.63, 3.8) is 0 Å². The van der Waals surface area contributed by atoms with Crippen molar-refractivity contribution in [3.05, 3.63) is 0 Å². The minimum absolute atomic E-state index is 0.383. The zero-order valence-electron chi connectivity index (χ0n) is 13.8. The van der Waals surface area contributed by atoms with E-state index in [-0.39, 0.29) is 0 Å². The largest absolute Gasteiger partial charge is 0.319 e. The highest BCUT2D eigenvalue weighted by Gasteiger charge is 2.36. The normalized spacial score (nSPS) is 33.2. The second-order valence-electron chi connectivity index (χ2n) is 7.15. The van der Waals surface area contributed by atoms with Gasteiger partial charge in [-0.1, -0.05) is 19.8 Å². The Morgan fingerprint density at radius 3 is 2.19 bits per heavy atom. The van der Waals surface area contributed by atoms with Crippen LogP contribution < -0.4 is 5.32 Å². The Bertz CT molecular complexity index is 422. The summed E-state index contributed by atoms with van der Waals surface area (Å²) in [6.45, 7) is 7.57. The molecule has 0 bridgehead atoms. The van der Waals surface area contributed by atoms with E-state index in [0.29, 0.717) is 18.5 Å². The number of rotatable bonds is 5. The van der Waals surface area contributed by atoms with Crippen LogP contribution in [-0.4, -0.2) is 70.2 Å². The van der Waals surface area contributed by atoms with Crippen molar-refractivity contribution in [2.75, 3.05) is 52.6 Å². The monoisotopic (exact) mass is 317 g/mol. The highest BCUT2D eigenvalue weighted by Crippen LogP contribution is 2.39. The van der Waals surface area contributed by atoms with Crippen molar-refractivity contribution in [2.24, 2.45) is 11.3 Å². The molecule has 0 atom stereocenters. The third-order valence-electron chi connectivity index (χ3n) is 5.25. The predicted molar refractivity (Wildman–Crippen MR) is 86.8 cm³/mol. The number of nitrogens with one attached hydrogen (secondary N) is 1. The minimum atomic E-state index is -3.02. The predicted octanol–water partition coefficient (Wildman–Crippen LogP) is 0.980. The van der Waals surface area contributed by atoms with Gasteiger partial charge in [-0.2, -0.15) is 4.31 Å². The minimum Gasteiger partial charge on any atom is -0.319 e. The summed E-state index contributed by atoms with van der Waals surface area (Å²) in [7, 11) is -0.978. The van der Waals surface area contributed by atoms with Gasteiger partial charge in [-0.05, 0) is 31.2 Å². The van der Waals surface area contributed by atoms with Crippen LogP contribution in [0.15, 0.2) is 0 Å². The Morgan fingerprint density at radius 1 is 1.14 bits per heavy atom. The van der Waals surface area contributed by atoms with Crippen LogP contribution in [0.5, 0.6) is 0 Å². The topological polar surface area (TPSA) is 52.6 Å². The lowest BCUT2D eigenvalue weighted by Gasteiger charge is -2.44. The summed E-state index contributed by atoms with van der Waals surface area (Å²) < 4.78 is 24.8. The lowest BCUT2D eigenvalue weighted by Crippen LogP contribution is -2.53. The zero-order chi connectivity index (χ0) is 15.5. The van der Waals surface area contributed by atoms with E-state index in [1.165, 1.54) is 31.9 Å². The van der Waals surface area contributed by atoms with Crippen molar-refractivity contribution in [3.8, 4) is 0 Å². The molecule has 5 nitrogen and oxygen atoms in total. The first-order valence-electron chi connectivity index (χ1n) is 8.17. The van der Waals surface area contributed by atoms with Crippen molar-refractivity contribution >= 4 is 10.0 Å². The lowest BCUT2D eigenvalue weighted by molar-refractivity contribution is 0.0703.